The van der Waals surface area contributed by atoms with Crippen molar-refractivity contribution >= 4 is 22.1 Å². The van der Waals surface area contributed by atoms with E-state index in [0.29, 0.717) is 41.0 Å². The van der Waals surface area contributed by atoms with Crippen LogP contribution < -0.4 is 10.4 Å². The van der Waals surface area contributed by atoms with Crippen molar-refractivity contribution in [3.63, 3.8) is 0 Å². The van der Waals surface area contributed by atoms with Gasteiger partial charge in [-0.25, -0.2) is 13.9 Å². The zero-order valence-corrected chi connectivity index (χ0v) is 17.8. The van der Waals surface area contributed by atoms with Crippen LogP contribution in [0.4, 0.5) is 4.39 Å². The summed E-state index contributed by atoms with van der Waals surface area (Å²) in [5, 5.41) is 12.6. The Morgan fingerprint density at radius 2 is 1.82 bits per heavy atom. The van der Waals surface area contributed by atoms with Gasteiger partial charge in [0.1, 0.15) is 17.9 Å². The number of hydrogen-bond acceptors (Lipinski definition) is 5. The first-order valence-corrected chi connectivity index (χ1v) is 10.6. The van der Waals surface area contributed by atoms with Crippen LogP contribution in [0, 0.1) is 5.82 Å². The van der Waals surface area contributed by atoms with Crippen molar-refractivity contribution in [3.8, 4) is 22.7 Å². The molecule has 0 aliphatic heterocycles. The second kappa shape index (κ2) is 8.00. The number of halogens is 1. The number of ether oxygens (including phenoxy) is 1. The number of aromatic nitrogens is 7. The highest BCUT2D eigenvalue weighted by molar-refractivity contribution is 5.84. The molecule has 2 N–H and O–H groups in total. The molecule has 0 bridgehead atoms. The lowest BCUT2D eigenvalue weighted by Gasteiger charge is -2.10. The molecule has 0 saturated heterocycles. The van der Waals surface area contributed by atoms with Gasteiger partial charge in [0.05, 0.1) is 34.5 Å². The SMILES string of the molecule is O=c1[nH]c2ccc(-n3nnc4c(F)cc(-c5ccnn5CCOc5ccccc5)cc43)cc2[nH]1. The van der Waals surface area contributed by atoms with Crippen molar-refractivity contribution in [2.75, 3.05) is 6.61 Å². The van der Waals surface area contributed by atoms with E-state index in [0.717, 1.165) is 11.4 Å². The number of fused-ring (bicyclic) bond motifs is 2. The number of H-pyrrole nitrogens is 2. The van der Waals surface area contributed by atoms with Crippen LogP contribution in [0.25, 0.3) is 39.0 Å². The number of rotatable bonds is 6. The minimum atomic E-state index is -0.483. The molecule has 0 aliphatic rings. The first-order chi connectivity index (χ1) is 16.7. The van der Waals surface area contributed by atoms with Crippen LogP contribution in [0.15, 0.2) is 77.7 Å². The van der Waals surface area contributed by atoms with Crippen molar-refractivity contribution in [2.24, 2.45) is 0 Å². The summed E-state index contributed by atoms with van der Waals surface area (Å²) in [7, 11) is 0. The molecule has 3 aromatic heterocycles. The highest BCUT2D eigenvalue weighted by Gasteiger charge is 2.16. The van der Waals surface area contributed by atoms with Gasteiger partial charge in [-0.3, -0.25) is 4.68 Å². The van der Waals surface area contributed by atoms with Crippen LogP contribution in [0.2, 0.25) is 0 Å². The molecule has 6 aromatic rings. The van der Waals surface area contributed by atoms with Gasteiger partial charge in [-0.05, 0) is 48.5 Å². The standard InChI is InChI=1S/C24H18FN7O2/c25-18-12-15(21-8-9-26-31(21)10-11-34-17-4-2-1-3-5-17)13-22-23(18)29-30-32(22)16-6-7-19-20(14-16)28-24(33)27-19/h1-9,12-14H,10-11H2,(H2,27,28,33). The number of nitrogens with one attached hydrogen (secondary N) is 2. The highest BCUT2D eigenvalue weighted by atomic mass is 19.1. The van der Waals surface area contributed by atoms with Crippen molar-refractivity contribution in [2.45, 2.75) is 6.54 Å². The summed E-state index contributed by atoms with van der Waals surface area (Å²) in [5.41, 5.74) is 3.69. The summed E-state index contributed by atoms with van der Waals surface area (Å²) in [4.78, 5) is 17.0. The minimum Gasteiger partial charge on any atom is -0.492 e. The Morgan fingerprint density at radius 3 is 2.71 bits per heavy atom. The molecule has 3 aromatic carbocycles. The van der Waals surface area contributed by atoms with Crippen LogP contribution in [0.3, 0.4) is 0 Å². The van der Waals surface area contributed by atoms with E-state index in [1.165, 1.54) is 6.07 Å². The fourth-order valence-corrected chi connectivity index (χ4v) is 4.00. The summed E-state index contributed by atoms with van der Waals surface area (Å²) in [6, 6.07) is 19.9. The molecule has 0 atom stereocenters. The maximum atomic E-state index is 15.0. The third kappa shape index (κ3) is 3.51. The second-order valence-corrected chi connectivity index (χ2v) is 7.74. The summed E-state index contributed by atoms with van der Waals surface area (Å²) in [6.07, 6.45) is 1.67. The summed E-state index contributed by atoms with van der Waals surface area (Å²) in [6.45, 7) is 0.906. The van der Waals surface area contributed by atoms with Crippen molar-refractivity contribution in [3.05, 3.63) is 89.2 Å². The van der Waals surface area contributed by atoms with Crippen LogP contribution >= 0.6 is 0 Å². The number of para-hydroxylation sites is 1. The quantitative estimate of drug-likeness (QED) is 0.399. The van der Waals surface area contributed by atoms with Gasteiger partial charge in [-0.2, -0.15) is 5.10 Å². The number of hydrogen-bond donors (Lipinski definition) is 2. The molecular formula is C24H18FN7O2. The maximum absolute atomic E-state index is 15.0. The molecule has 10 heteroatoms. The Hall–Kier alpha value is -4.73. The summed E-state index contributed by atoms with van der Waals surface area (Å²) >= 11 is 0. The van der Waals surface area contributed by atoms with Crippen molar-refractivity contribution < 1.29 is 9.13 Å². The average Bonchev–Trinajstić information content (AvgIpc) is 3.56. The first-order valence-electron chi connectivity index (χ1n) is 10.6. The molecule has 0 radical (unpaired) electrons. The van der Waals surface area contributed by atoms with E-state index in [4.69, 9.17) is 4.74 Å². The van der Waals surface area contributed by atoms with Gasteiger partial charge in [-0.15, -0.1) is 5.10 Å². The smallest absolute Gasteiger partial charge is 0.323 e. The van der Waals surface area contributed by atoms with Crippen LogP contribution in [0.5, 0.6) is 5.75 Å². The molecular weight excluding hydrogens is 437 g/mol. The number of aromatic amines is 2. The molecule has 168 valence electrons. The van der Waals surface area contributed by atoms with E-state index in [9.17, 15) is 4.79 Å². The van der Waals surface area contributed by atoms with Gasteiger partial charge < -0.3 is 14.7 Å². The Bertz CT molecular complexity index is 1680. The zero-order valence-electron chi connectivity index (χ0n) is 17.8. The third-order valence-electron chi connectivity index (χ3n) is 5.58. The van der Waals surface area contributed by atoms with Gasteiger partial charge in [-0.1, -0.05) is 23.4 Å². The molecule has 3 heterocycles. The monoisotopic (exact) mass is 455 g/mol. The largest absolute Gasteiger partial charge is 0.492 e. The Balaban J connectivity index is 1.35. The fraction of sp³-hybridized carbons (Fsp3) is 0.0833. The van der Waals surface area contributed by atoms with Crippen LogP contribution in [-0.2, 0) is 6.54 Å². The fourth-order valence-electron chi connectivity index (χ4n) is 4.00. The topological polar surface area (TPSA) is 106 Å². The van der Waals surface area contributed by atoms with Crippen LogP contribution in [0.1, 0.15) is 0 Å². The Kier molecular flexibility index (Phi) is 4.69. The molecule has 0 amide bonds. The molecule has 0 aliphatic carbocycles. The minimum absolute atomic E-state index is 0.157. The molecule has 0 saturated carbocycles. The second-order valence-electron chi connectivity index (χ2n) is 7.74. The Morgan fingerprint density at radius 1 is 0.971 bits per heavy atom. The predicted octanol–water partition coefficient (Wildman–Crippen LogP) is 3.67. The average molecular weight is 455 g/mol. The van der Waals surface area contributed by atoms with Gasteiger partial charge >= 0.3 is 5.69 Å². The van der Waals surface area contributed by atoms with E-state index in [2.05, 4.69) is 25.4 Å². The molecule has 9 nitrogen and oxygen atoms in total. The molecule has 0 fully saturated rings. The molecule has 0 unspecified atom stereocenters. The number of nitrogens with zero attached hydrogens (tertiary/aromatic N) is 5. The number of imidazole rings is 1. The lowest BCUT2D eigenvalue weighted by Crippen LogP contribution is -2.10. The van der Waals surface area contributed by atoms with E-state index >= 15 is 4.39 Å². The maximum Gasteiger partial charge on any atom is 0.323 e. The van der Waals surface area contributed by atoms with E-state index in [1.54, 1.807) is 33.8 Å². The van der Waals surface area contributed by atoms with Crippen molar-refractivity contribution in [1.29, 1.82) is 0 Å². The molecule has 34 heavy (non-hydrogen) atoms. The van der Waals surface area contributed by atoms with Gasteiger partial charge in [0.25, 0.3) is 0 Å². The van der Waals surface area contributed by atoms with Crippen LogP contribution in [-0.4, -0.2) is 41.3 Å². The van der Waals surface area contributed by atoms with Gasteiger partial charge in [0.15, 0.2) is 5.82 Å². The summed E-state index contributed by atoms with van der Waals surface area (Å²) in [5.74, 6) is 0.294. The van der Waals surface area contributed by atoms with E-state index in [1.807, 2.05) is 42.5 Å². The summed E-state index contributed by atoms with van der Waals surface area (Å²) < 4.78 is 24.1. The first kappa shape index (κ1) is 19.9. The normalized spacial score (nSPS) is 11.4. The molecule has 0 spiro atoms. The number of benzene rings is 3. The zero-order chi connectivity index (χ0) is 23.1. The van der Waals surface area contributed by atoms with Crippen molar-refractivity contribution in [1.82, 2.24) is 34.7 Å². The molecule has 6 rings (SSSR count). The van der Waals surface area contributed by atoms with Gasteiger partial charge in [0.2, 0.25) is 0 Å². The predicted molar refractivity (Wildman–Crippen MR) is 124 cm³/mol. The van der Waals surface area contributed by atoms with Gasteiger partial charge in [0, 0.05) is 11.8 Å². The lowest BCUT2D eigenvalue weighted by atomic mass is 10.1. The van der Waals surface area contributed by atoms with E-state index < -0.39 is 5.82 Å². The highest BCUT2D eigenvalue weighted by Crippen LogP contribution is 2.28. The van der Waals surface area contributed by atoms with E-state index in [-0.39, 0.29) is 11.2 Å². The Labute approximate surface area is 191 Å². The lowest BCUT2D eigenvalue weighted by molar-refractivity contribution is 0.292. The third-order valence-corrected chi connectivity index (χ3v) is 5.58.